The van der Waals surface area contributed by atoms with E-state index in [2.05, 4.69) is 4.98 Å². The molecule has 0 aliphatic carbocycles. The number of rotatable bonds is 6. The van der Waals surface area contributed by atoms with Crippen LogP contribution in [0.2, 0.25) is 5.02 Å². The Balaban J connectivity index is 1.65. The van der Waals surface area contributed by atoms with Crippen LogP contribution in [0.15, 0.2) is 71.3 Å². The Bertz CT molecular complexity index is 1410. The largest absolute Gasteiger partial charge is 0.503 e. The van der Waals surface area contributed by atoms with Crippen LogP contribution in [0.5, 0.6) is 5.75 Å². The first-order valence-corrected chi connectivity index (χ1v) is 12.2. The average Bonchev–Trinajstić information content (AvgIpc) is 3.52. The number of anilines is 1. The van der Waals surface area contributed by atoms with Crippen molar-refractivity contribution in [2.24, 2.45) is 0 Å². The van der Waals surface area contributed by atoms with Gasteiger partial charge in [0.1, 0.15) is 5.75 Å². The highest BCUT2D eigenvalue weighted by molar-refractivity contribution is 7.22. The molecule has 0 saturated carbocycles. The lowest BCUT2D eigenvalue weighted by Crippen LogP contribution is -2.30. The summed E-state index contributed by atoms with van der Waals surface area (Å²) in [6, 6.07) is 15.0. The first kappa shape index (κ1) is 21.6. The Morgan fingerprint density at radius 2 is 2.06 bits per heavy atom. The van der Waals surface area contributed by atoms with E-state index in [4.69, 9.17) is 16.3 Å². The van der Waals surface area contributed by atoms with Gasteiger partial charge in [0, 0.05) is 5.02 Å². The van der Waals surface area contributed by atoms with Gasteiger partial charge in [-0.15, -0.1) is 11.3 Å². The molecular weight excluding hydrogens is 480 g/mol. The molecule has 9 heteroatoms. The highest BCUT2D eigenvalue weighted by atomic mass is 35.5. The molecule has 0 saturated heterocycles. The second-order valence-electron chi connectivity index (χ2n) is 7.26. The van der Waals surface area contributed by atoms with Gasteiger partial charge >= 0.3 is 0 Å². The molecule has 0 bridgehead atoms. The van der Waals surface area contributed by atoms with Crippen molar-refractivity contribution in [3.05, 3.63) is 86.8 Å². The fourth-order valence-corrected chi connectivity index (χ4v) is 5.72. The fraction of sp³-hybridized carbons (Fsp3) is 0.125. The van der Waals surface area contributed by atoms with E-state index in [-0.39, 0.29) is 5.57 Å². The summed E-state index contributed by atoms with van der Waals surface area (Å²) in [5.74, 6) is -0.950. The van der Waals surface area contributed by atoms with Crippen LogP contribution in [0.3, 0.4) is 0 Å². The zero-order valence-electron chi connectivity index (χ0n) is 17.3. The summed E-state index contributed by atoms with van der Waals surface area (Å²) in [6.07, 6.45) is 0. The number of amides is 1. The van der Waals surface area contributed by atoms with E-state index < -0.39 is 23.5 Å². The number of halogens is 1. The molecule has 0 fully saturated rings. The zero-order valence-corrected chi connectivity index (χ0v) is 19.7. The van der Waals surface area contributed by atoms with E-state index in [0.717, 1.165) is 4.70 Å². The van der Waals surface area contributed by atoms with Gasteiger partial charge in [-0.3, -0.25) is 14.5 Å². The van der Waals surface area contributed by atoms with Gasteiger partial charge in [-0.2, -0.15) is 0 Å². The molecule has 1 aliphatic rings. The first-order chi connectivity index (χ1) is 16.0. The minimum Gasteiger partial charge on any atom is -0.503 e. The van der Waals surface area contributed by atoms with Crippen LogP contribution in [-0.2, 0) is 4.79 Å². The summed E-state index contributed by atoms with van der Waals surface area (Å²) in [4.78, 5) is 33.1. The molecule has 166 valence electrons. The molecule has 1 aliphatic heterocycles. The van der Waals surface area contributed by atoms with Crippen molar-refractivity contribution in [1.82, 2.24) is 4.98 Å². The van der Waals surface area contributed by atoms with Crippen LogP contribution in [0, 0.1) is 0 Å². The maximum Gasteiger partial charge on any atom is 0.296 e. The molecule has 2 aromatic carbocycles. The maximum absolute atomic E-state index is 13.3. The van der Waals surface area contributed by atoms with Crippen LogP contribution >= 0.6 is 34.3 Å². The van der Waals surface area contributed by atoms with Gasteiger partial charge < -0.3 is 9.84 Å². The molecule has 0 unspecified atom stereocenters. The van der Waals surface area contributed by atoms with Gasteiger partial charge in [0.05, 0.1) is 33.3 Å². The normalized spacial score (nSPS) is 16.1. The molecule has 0 spiro atoms. The number of fused-ring (bicyclic) bond motifs is 1. The smallest absolute Gasteiger partial charge is 0.296 e. The molecule has 1 amide bonds. The minimum absolute atomic E-state index is 0.0129. The Kier molecular flexibility index (Phi) is 5.65. The molecule has 1 N–H and O–H groups in total. The maximum atomic E-state index is 13.3. The van der Waals surface area contributed by atoms with Gasteiger partial charge in [-0.1, -0.05) is 41.1 Å². The molecule has 6 nitrogen and oxygen atoms in total. The van der Waals surface area contributed by atoms with E-state index in [9.17, 15) is 14.7 Å². The lowest BCUT2D eigenvalue weighted by atomic mass is 9.95. The van der Waals surface area contributed by atoms with Crippen molar-refractivity contribution in [2.45, 2.75) is 13.0 Å². The number of benzene rings is 2. The monoisotopic (exact) mass is 496 g/mol. The Morgan fingerprint density at radius 1 is 1.21 bits per heavy atom. The number of aliphatic hydroxyl groups is 1. The molecular formula is C24H17ClN2O4S2. The van der Waals surface area contributed by atoms with Gasteiger partial charge in [0.25, 0.3) is 5.91 Å². The molecule has 5 rings (SSSR count). The number of carbonyl (C=O) groups is 2. The van der Waals surface area contributed by atoms with Crippen molar-refractivity contribution in [3.8, 4) is 5.75 Å². The second kappa shape index (κ2) is 8.62. The predicted molar refractivity (Wildman–Crippen MR) is 131 cm³/mol. The number of hydrogen-bond acceptors (Lipinski definition) is 7. The van der Waals surface area contributed by atoms with Crippen molar-refractivity contribution < 1.29 is 19.4 Å². The minimum atomic E-state index is -0.863. The van der Waals surface area contributed by atoms with Crippen molar-refractivity contribution >= 4 is 61.3 Å². The molecule has 4 aromatic rings. The van der Waals surface area contributed by atoms with Crippen LogP contribution in [0.4, 0.5) is 5.13 Å². The highest BCUT2D eigenvalue weighted by Gasteiger charge is 2.46. The summed E-state index contributed by atoms with van der Waals surface area (Å²) < 4.78 is 6.40. The Labute approximate surface area is 202 Å². The second-order valence-corrected chi connectivity index (χ2v) is 9.65. The summed E-state index contributed by atoms with van der Waals surface area (Å²) in [5, 5.41) is 13.4. The lowest BCUT2D eigenvalue weighted by molar-refractivity contribution is -0.117. The third-order valence-corrected chi connectivity index (χ3v) is 7.35. The van der Waals surface area contributed by atoms with Gasteiger partial charge in [-0.05, 0) is 54.3 Å². The van der Waals surface area contributed by atoms with E-state index in [0.29, 0.717) is 38.5 Å². The van der Waals surface area contributed by atoms with E-state index >= 15 is 0 Å². The summed E-state index contributed by atoms with van der Waals surface area (Å²) >= 11 is 8.78. The van der Waals surface area contributed by atoms with Gasteiger partial charge in [-0.25, -0.2) is 4.98 Å². The predicted octanol–water partition coefficient (Wildman–Crippen LogP) is 6.19. The number of Topliss-reactive ketones (excluding diaryl/α,β-unsaturated/α-hetero) is 1. The van der Waals surface area contributed by atoms with Crippen LogP contribution in [-0.4, -0.2) is 28.4 Å². The number of thiazole rings is 1. The molecule has 3 heterocycles. The number of thiophene rings is 1. The average molecular weight is 497 g/mol. The molecule has 0 radical (unpaired) electrons. The van der Waals surface area contributed by atoms with Gasteiger partial charge in [0.15, 0.2) is 10.9 Å². The zero-order chi connectivity index (χ0) is 23.1. The Morgan fingerprint density at radius 3 is 2.79 bits per heavy atom. The number of aromatic nitrogens is 1. The molecule has 1 atom stereocenters. The number of ether oxygens (including phenoxy) is 1. The van der Waals surface area contributed by atoms with E-state index in [1.165, 1.54) is 27.6 Å². The van der Waals surface area contributed by atoms with E-state index in [1.807, 2.05) is 25.1 Å². The third kappa shape index (κ3) is 3.80. The standard InChI is InChI=1S/C24H17ClN2O4S2/c1-2-31-15-8-9-16-18(12-15)33-24(26-16)27-20(13-5-3-6-14(25)11-13)19(22(29)23(27)30)21(28)17-7-4-10-32-17/h3-12,20,29H,2H2,1H3/t20-/m0/s1. The van der Waals surface area contributed by atoms with Crippen molar-refractivity contribution in [3.63, 3.8) is 0 Å². The van der Waals surface area contributed by atoms with Crippen LogP contribution < -0.4 is 9.64 Å². The SMILES string of the molecule is CCOc1ccc2nc(N3C(=O)C(O)=C(C(=O)c4cccs4)[C@@H]3c3cccc(Cl)c3)sc2c1. The number of nitrogens with zero attached hydrogens (tertiary/aromatic N) is 2. The molecule has 33 heavy (non-hydrogen) atoms. The fourth-order valence-electron chi connectivity index (χ4n) is 3.82. The van der Waals surface area contributed by atoms with E-state index in [1.54, 1.807) is 41.8 Å². The number of ketones is 1. The number of carbonyl (C=O) groups excluding carboxylic acids is 2. The van der Waals surface area contributed by atoms with Crippen LogP contribution in [0.25, 0.3) is 10.2 Å². The third-order valence-electron chi connectivity index (χ3n) is 5.23. The Hall–Kier alpha value is -3.20. The topological polar surface area (TPSA) is 79.7 Å². The summed E-state index contributed by atoms with van der Waals surface area (Å²) in [7, 11) is 0. The first-order valence-electron chi connectivity index (χ1n) is 10.1. The highest BCUT2D eigenvalue weighted by Crippen LogP contribution is 2.45. The number of hydrogen-bond donors (Lipinski definition) is 1. The van der Waals surface area contributed by atoms with Gasteiger partial charge in [0.2, 0.25) is 5.78 Å². The molecule has 2 aromatic heterocycles. The summed E-state index contributed by atoms with van der Waals surface area (Å²) in [5.41, 5.74) is 1.31. The quantitative estimate of drug-likeness (QED) is 0.322. The van der Waals surface area contributed by atoms with Crippen molar-refractivity contribution in [2.75, 3.05) is 11.5 Å². The summed E-state index contributed by atoms with van der Waals surface area (Å²) in [6.45, 7) is 2.44. The van der Waals surface area contributed by atoms with Crippen molar-refractivity contribution in [1.29, 1.82) is 0 Å². The van der Waals surface area contributed by atoms with Crippen LogP contribution in [0.1, 0.15) is 28.2 Å². The lowest BCUT2D eigenvalue weighted by Gasteiger charge is -2.24. The number of aliphatic hydroxyl groups excluding tert-OH is 1.